The first-order valence-electron chi connectivity index (χ1n) is 8.89. The molecule has 7 nitrogen and oxygen atoms in total. The molecular weight excluding hydrogens is 409 g/mol. The lowest BCUT2D eigenvalue weighted by molar-refractivity contribution is 0.102. The first kappa shape index (κ1) is 19.5. The maximum atomic E-state index is 14.1. The van der Waals surface area contributed by atoms with Crippen LogP contribution in [0.15, 0.2) is 67.0 Å². The van der Waals surface area contributed by atoms with Crippen molar-refractivity contribution in [2.45, 2.75) is 6.92 Å². The number of ether oxygens (including phenoxy) is 1. The van der Waals surface area contributed by atoms with Crippen LogP contribution in [0.5, 0.6) is 11.6 Å². The van der Waals surface area contributed by atoms with Gasteiger partial charge in [-0.2, -0.15) is 10.2 Å². The van der Waals surface area contributed by atoms with Crippen LogP contribution in [0.4, 0.5) is 10.1 Å². The number of nitrogens with zero attached hydrogens (tertiary/aromatic N) is 4. The van der Waals surface area contributed by atoms with Crippen LogP contribution in [0.1, 0.15) is 16.1 Å². The average Bonchev–Trinajstić information content (AvgIpc) is 3.12. The van der Waals surface area contributed by atoms with Gasteiger partial charge in [-0.15, -0.1) is 5.10 Å². The van der Waals surface area contributed by atoms with Crippen molar-refractivity contribution in [1.29, 1.82) is 0 Å². The number of halogens is 2. The Balaban J connectivity index is 1.52. The van der Waals surface area contributed by atoms with Gasteiger partial charge in [0.2, 0.25) is 5.88 Å². The summed E-state index contributed by atoms with van der Waals surface area (Å²) in [5.74, 6) is -0.152. The fourth-order valence-electron chi connectivity index (χ4n) is 2.81. The fraction of sp³-hybridized carbons (Fsp3) is 0.0476. The van der Waals surface area contributed by atoms with Crippen LogP contribution in [0.3, 0.4) is 0 Å². The summed E-state index contributed by atoms with van der Waals surface area (Å²) < 4.78 is 21.0. The number of hydrogen-bond acceptors (Lipinski definition) is 5. The van der Waals surface area contributed by atoms with Gasteiger partial charge in [0.05, 0.1) is 22.5 Å². The van der Waals surface area contributed by atoms with E-state index >= 15 is 0 Å². The van der Waals surface area contributed by atoms with E-state index in [1.54, 1.807) is 55.5 Å². The molecule has 0 radical (unpaired) electrons. The fourth-order valence-corrected chi connectivity index (χ4v) is 3.03. The zero-order valence-electron chi connectivity index (χ0n) is 15.7. The summed E-state index contributed by atoms with van der Waals surface area (Å²) in [7, 11) is 0. The number of benzene rings is 2. The second kappa shape index (κ2) is 8.30. The summed E-state index contributed by atoms with van der Waals surface area (Å²) in [5, 5.41) is 14.8. The Morgan fingerprint density at radius 1 is 1.17 bits per heavy atom. The van der Waals surface area contributed by atoms with Gasteiger partial charge in [-0.25, -0.2) is 9.07 Å². The molecule has 4 aromatic rings. The number of carbonyl (C=O) groups is 1. The lowest BCUT2D eigenvalue weighted by atomic mass is 10.2. The van der Waals surface area contributed by atoms with Crippen LogP contribution in [-0.4, -0.2) is 25.9 Å². The van der Waals surface area contributed by atoms with E-state index in [4.69, 9.17) is 16.3 Å². The number of nitrogens with one attached hydrogen (secondary N) is 1. The SMILES string of the molecule is Cc1c(C(=O)Nc2ccc(Oc3cccnn3)c(Cl)c2)cnn1-c1ccccc1F. The molecule has 0 aliphatic carbocycles. The van der Waals surface area contributed by atoms with Crippen LogP contribution >= 0.6 is 11.6 Å². The third-order valence-corrected chi connectivity index (χ3v) is 4.58. The maximum Gasteiger partial charge on any atom is 0.259 e. The smallest absolute Gasteiger partial charge is 0.259 e. The van der Waals surface area contributed by atoms with E-state index < -0.39 is 11.7 Å². The number of carbonyl (C=O) groups excluding carboxylic acids is 1. The normalized spacial score (nSPS) is 10.6. The monoisotopic (exact) mass is 423 g/mol. The Hall–Kier alpha value is -3.78. The van der Waals surface area contributed by atoms with Gasteiger partial charge >= 0.3 is 0 Å². The third-order valence-electron chi connectivity index (χ3n) is 4.29. The lowest BCUT2D eigenvalue weighted by Crippen LogP contribution is -2.13. The van der Waals surface area contributed by atoms with Gasteiger partial charge in [0.1, 0.15) is 17.3 Å². The predicted octanol–water partition coefficient (Wildman–Crippen LogP) is 4.81. The number of amides is 1. The molecule has 2 heterocycles. The summed E-state index contributed by atoms with van der Waals surface area (Å²) in [6.07, 6.45) is 2.92. The van der Waals surface area contributed by atoms with E-state index in [-0.39, 0.29) is 10.7 Å². The van der Waals surface area contributed by atoms with Crippen molar-refractivity contribution in [3.05, 3.63) is 89.1 Å². The van der Waals surface area contributed by atoms with E-state index in [1.807, 2.05) is 0 Å². The van der Waals surface area contributed by atoms with Crippen molar-refractivity contribution < 1.29 is 13.9 Å². The molecule has 150 valence electrons. The molecule has 0 saturated heterocycles. The molecule has 0 bridgehead atoms. The molecular formula is C21H15ClFN5O2. The lowest BCUT2D eigenvalue weighted by Gasteiger charge is -2.10. The Morgan fingerprint density at radius 2 is 2.00 bits per heavy atom. The summed E-state index contributed by atoms with van der Waals surface area (Å²) in [5.41, 5.74) is 1.55. The van der Waals surface area contributed by atoms with Crippen LogP contribution < -0.4 is 10.1 Å². The highest BCUT2D eigenvalue weighted by atomic mass is 35.5. The molecule has 4 rings (SSSR count). The Kier molecular flexibility index (Phi) is 5.40. The van der Waals surface area contributed by atoms with Gasteiger partial charge in [-0.05, 0) is 43.3 Å². The first-order chi connectivity index (χ1) is 14.5. The number of anilines is 1. The molecule has 2 aromatic carbocycles. The molecule has 0 unspecified atom stereocenters. The molecule has 0 aliphatic heterocycles. The van der Waals surface area contributed by atoms with E-state index in [1.165, 1.54) is 23.1 Å². The molecule has 0 spiro atoms. The largest absolute Gasteiger partial charge is 0.436 e. The van der Waals surface area contributed by atoms with Gasteiger partial charge in [0.25, 0.3) is 5.91 Å². The van der Waals surface area contributed by atoms with Crippen molar-refractivity contribution in [3.63, 3.8) is 0 Å². The van der Waals surface area contributed by atoms with Crippen molar-refractivity contribution in [3.8, 4) is 17.3 Å². The second-order valence-electron chi connectivity index (χ2n) is 6.27. The molecule has 0 saturated carbocycles. The van der Waals surface area contributed by atoms with Crippen molar-refractivity contribution in [2.75, 3.05) is 5.32 Å². The van der Waals surface area contributed by atoms with Crippen LogP contribution in [0, 0.1) is 12.7 Å². The van der Waals surface area contributed by atoms with Crippen LogP contribution in [-0.2, 0) is 0 Å². The molecule has 1 amide bonds. The summed E-state index contributed by atoms with van der Waals surface area (Å²) in [6.45, 7) is 1.69. The topological polar surface area (TPSA) is 81.9 Å². The number of aromatic nitrogens is 4. The maximum absolute atomic E-state index is 14.1. The zero-order chi connectivity index (χ0) is 21.1. The van der Waals surface area contributed by atoms with Gasteiger partial charge in [-0.3, -0.25) is 4.79 Å². The Bertz CT molecular complexity index is 1210. The van der Waals surface area contributed by atoms with E-state index in [0.29, 0.717) is 28.6 Å². The quantitative estimate of drug-likeness (QED) is 0.498. The number of para-hydroxylation sites is 1. The van der Waals surface area contributed by atoms with Gasteiger partial charge in [0, 0.05) is 18.0 Å². The van der Waals surface area contributed by atoms with Gasteiger partial charge in [0.15, 0.2) is 0 Å². The number of rotatable bonds is 5. The van der Waals surface area contributed by atoms with Crippen LogP contribution in [0.2, 0.25) is 5.02 Å². The van der Waals surface area contributed by atoms with Crippen molar-refractivity contribution in [2.24, 2.45) is 0 Å². The van der Waals surface area contributed by atoms with E-state index in [0.717, 1.165) is 0 Å². The minimum Gasteiger partial charge on any atom is -0.436 e. The molecule has 1 N–H and O–H groups in total. The Labute approximate surface area is 176 Å². The zero-order valence-corrected chi connectivity index (χ0v) is 16.5. The van der Waals surface area contributed by atoms with Crippen molar-refractivity contribution in [1.82, 2.24) is 20.0 Å². The minimum absolute atomic E-state index is 0.266. The molecule has 0 atom stereocenters. The summed E-state index contributed by atoms with van der Waals surface area (Å²) >= 11 is 6.26. The van der Waals surface area contributed by atoms with Gasteiger partial charge in [-0.1, -0.05) is 23.7 Å². The van der Waals surface area contributed by atoms with Crippen LogP contribution in [0.25, 0.3) is 5.69 Å². The first-order valence-corrected chi connectivity index (χ1v) is 9.26. The molecule has 0 aliphatic rings. The summed E-state index contributed by atoms with van der Waals surface area (Å²) in [6, 6.07) is 14.4. The predicted molar refractivity (Wildman–Crippen MR) is 110 cm³/mol. The molecule has 2 aromatic heterocycles. The molecule has 30 heavy (non-hydrogen) atoms. The number of hydrogen-bond donors (Lipinski definition) is 1. The highest BCUT2D eigenvalue weighted by Crippen LogP contribution is 2.31. The molecule has 9 heteroatoms. The highest BCUT2D eigenvalue weighted by Gasteiger charge is 2.17. The summed E-state index contributed by atoms with van der Waals surface area (Å²) in [4.78, 5) is 12.7. The van der Waals surface area contributed by atoms with Crippen molar-refractivity contribution >= 4 is 23.2 Å². The average molecular weight is 424 g/mol. The second-order valence-corrected chi connectivity index (χ2v) is 6.68. The minimum atomic E-state index is -0.430. The van der Waals surface area contributed by atoms with E-state index in [2.05, 4.69) is 20.6 Å². The molecule has 0 fully saturated rings. The highest BCUT2D eigenvalue weighted by molar-refractivity contribution is 6.32. The standard InChI is InChI=1S/C21H15ClFN5O2/c1-13-15(12-25-28(13)18-6-3-2-5-17(18)23)21(29)26-14-8-9-19(16(22)11-14)30-20-7-4-10-24-27-20/h2-12H,1H3,(H,26,29). The van der Waals surface area contributed by atoms with E-state index in [9.17, 15) is 9.18 Å². The Morgan fingerprint density at radius 3 is 2.73 bits per heavy atom. The third kappa shape index (κ3) is 3.99. The van der Waals surface area contributed by atoms with Gasteiger partial charge < -0.3 is 10.1 Å².